The van der Waals surface area contributed by atoms with Gasteiger partial charge in [-0.05, 0) is 49.0 Å². The number of benzene rings is 1. The van der Waals surface area contributed by atoms with Gasteiger partial charge in [-0.1, -0.05) is 50.3 Å². The van der Waals surface area contributed by atoms with Gasteiger partial charge in [0, 0.05) is 0 Å². The molecule has 5 aliphatic rings. The molecule has 0 radical (unpaired) electrons. The largest absolute Gasteiger partial charge is 0.482 e. The number of carboxylic acids is 1. The van der Waals surface area contributed by atoms with Crippen LogP contribution in [0, 0.1) is 17.3 Å². The van der Waals surface area contributed by atoms with Crippen molar-refractivity contribution in [1.82, 2.24) is 15.1 Å². The first-order valence-electron chi connectivity index (χ1n) is 13.7. The predicted octanol–water partition coefficient (Wildman–Crippen LogP) is 2.84. The van der Waals surface area contributed by atoms with Crippen molar-refractivity contribution < 1.29 is 38.3 Å². The maximum Gasteiger partial charge on any atom is 0.482 e. The SMILES string of the molecule is C=CC[C@H](NC(=O)[C@@H]1CN(CC(=O)O)C(=O)N1C(=O)OCc1ccccc1)B1OC2CC3CC(C3(C)C)[C@]2(C)O1. The zero-order valence-electron chi connectivity index (χ0n) is 23.1. The van der Waals surface area contributed by atoms with Crippen LogP contribution in [0.2, 0.25) is 0 Å². The number of carboxylic acid groups (broad SMARTS) is 1. The van der Waals surface area contributed by atoms with Crippen LogP contribution in [0.4, 0.5) is 9.59 Å². The highest BCUT2D eigenvalue weighted by Crippen LogP contribution is 2.65. The maximum atomic E-state index is 13.6. The molecule has 1 aromatic carbocycles. The highest BCUT2D eigenvalue weighted by molar-refractivity contribution is 6.48. The summed E-state index contributed by atoms with van der Waals surface area (Å²) in [7, 11) is -0.738. The summed E-state index contributed by atoms with van der Waals surface area (Å²) in [5.41, 5.74) is 0.365. The van der Waals surface area contributed by atoms with Crippen molar-refractivity contribution in [2.45, 2.75) is 70.3 Å². The van der Waals surface area contributed by atoms with Crippen LogP contribution in [-0.4, -0.2) is 82.8 Å². The predicted molar refractivity (Wildman–Crippen MR) is 144 cm³/mol. The van der Waals surface area contributed by atoms with Crippen LogP contribution in [0.15, 0.2) is 43.0 Å². The third kappa shape index (κ3) is 4.87. The first-order chi connectivity index (χ1) is 19.0. The van der Waals surface area contributed by atoms with Gasteiger partial charge in [0.05, 0.1) is 24.2 Å². The molecular weight excluding hydrogens is 517 g/mol. The van der Waals surface area contributed by atoms with Crippen molar-refractivity contribution >= 4 is 31.1 Å². The monoisotopic (exact) mass is 553 g/mol. The fourth-order valence-electron chi connectivity index (χ4n) is 6.91. The Morgan fingerprint density at radius 1 is 1.25 bits per heavy atom. The molecular formula is C28H36BN3O8. The van der Waals surface area contributed by atoms with Gasteiger partial charge in [-0.3, -0.25) is 9.59 Å². The second kappa shape index (κ2) is 10.6. The van der Waals surface area contributed by atoms with E-state index in [-0.39, 0.29) is 24.7 Å². The molecule has 11 nitrogen and oxygen atoms in total. The van der Waals surface area contributed by atoms with E-state index in [2.05, 4.69) is 32.7 Å². The van der Waals surface area contributed by atoms with E-state index >= 15 is 0 Å². The molecule has 2 bridgehead atoms. The molecule has 2 N–H and O–H groups in total. The molecule has 0 spiro atoms. The van der Waals surface area contributed by atoms with Gasteiger partial charge >= 0.3 is 25.2 Å². The summed E-state index contributed by atoms with van der Waals surface area (Å²) in [6.45, 7) is 9.35. The van der Waals surface area contributed by atoms with Crippen LogP contribution >= 0.6 is 0 Å². The molecule has 2 heterocycles. The average molecular weight is 553 g/mol. The smallest absolute Gasteiger partial charge is 0.480 e. The second-order valence-corrected chi connectivity index (χ2v) is 12.0. The molecule has 1 aromatic rings. The van der Waals surface area contributed by atoms with Gasteiger partial charge in [-0.15, -0.1) is 6.58 Å². The molecule has 2 saturated heterocycles. The Labute approximate surface area is 233 Å². The fraction of sp³-hybridized carbons (Fsp3) is 0.571. The molecule has 0 aromatic heterocycles. The third-order valence-electron chi connectivity index (χ3n) is 9.26. The van der Waals surface area contributed by atoms with Crippen LogP contribution in [-0.2, 0) is 30.2 Å². The number of nitrogens with zero attached hydrogens (tertiary/aromatic N) is 2. The summed E-state index contributed by atoms with van der Waals surface area (Å²) in [6.07, 6.45) is 2.81. The van der Waals surface area contributed by atoms with Gasteiger partial charge in [-0.25, -0.2) is 14.5 Å². The number of amides is 4. The molecule has 3 saturated carbocycles. The average Bonchev–Trinajstić information content (AvgIpc) is 3.43. The van der Waals surface area contributed by atoms with Gasteiger partial charge in [0.25, 0.3) is 0 Å². The van der Waals surface area contributed by atoms with Crippen molar-refractivity contribution in [3.63, 3.8) is 0 Å². The number of carbonyl (C=O) groups excluding carboxylic acids is 3. The summed E-state index contributed by atoms with van der Waals surface area (Å²) in [4.78, 5) is 52.6. The van der Waals surface area contributed by atoms with E-state index in [1.807, 2.05) is 6.07 Å². The zero-order valence-corrected chi connectivity index (χ0v) is 23.1. The lowest BCUT2D eigenvalue weighted by molar-refractivity contribution is -0.199. The lowest BCUT2D eigenvalue weighted by Gasteiger charge is -2.64. The van der Waals surface area contributed by atoms with Crippen molar-refractivity contribution in [3.8, 4) is 0 Å². The maximum absolute atomic E-state index is 13.6. The Kier molecular flexibility index (Phi) is 7.43. The Morgan fingerprint density at radius 3 is 2.62 bits per heavy atom. The Morgan fingerprint density at radius 2 is 1.98 bits per heavy atom. The Balaban J connectivity index is 1.31. The minimum atomic E-state index is -1.30. The van der Waals surface area contributed by atoms with E-state index in [0.29, 0.717) is 28.7 Å². The molecule has 12 heteroatoms. The van der Waals surface area contributed by atoms with Crippen molar-refractivity contribution in [2.24, 2.45) is 17.3 Å². The van der Waals surface area contributed by atoms with Crippen molar-refractivity contribution in [1.29, 1.82) is 0 Å². The van der Waals surface area contributed by atoms with Crippen LogP contribution < -0.4 is 5.32 Å². The lowest BCUT2D eigenvalue weighted by Crippen LogP contribution is -2.65. The molecule has 3 aliphatic carbocycles. The molecule has 6 atom stereocenters. The Bertz CT molecular complexity index is 1200. The molecule has 4 amide bonds. The van der Waals surface area contributed by atoms with E-state index in [4.69, 9.17) is 14.0 Å². The minimum Gasteiger partial charge on any atom is -0.480 e. The number of imide groups is 1. The molecule has 2 aliphatic heterocycles. The standard InChI is InChI=1S/C28H36BN3O8/c1-5-9-22(29-39-21-13-18-12-20(27(18,2)3)28(21,4)40-29)30-24(35)19-14-31(15-23(33)34)25(36)32(19)26(37)38-16-17-10-7-6-8-11-17/h5-8,10-11,18-22H,1,9,12-16H2,2-4H3,(H,30,35)(H,33,34)/t18?,19-,20?,21?,22-,28-/m0/s1. The topological polar surface area (TPSA) is 135 Å². The van der Waals surface area contributed by atoms with E-state index < -0.39 is 55.2 Å². The lowest BCUT2D eigenvalue weighted by atomic mass is 9.43. The van der Waals surface area contributed by atoms with Gasteiger partial charge < -0.3 is 29.4 Å². The summed E-state index contributed by atoms with van der Waals surface area (Å²) in [6, 6.07) is 6.68. The van der Waals surface area contributed by atoms with Gasteiger partial charge in [-0.2, -0.15) is 0 Å². The molecule has 6 rings (SSSR count). The number of carbonyl (C=O) groups is 4. The number of rotatable bonds is 9. The molecule has 3 unspecified atom stereocenters. The highest BCUT2D eigenvalue weighted by Gasteiger charge is 2.68. The normalized spacial score (nSPS) is 30.8. The third-order valence-corrected chi connectivity index (χ3v) is 9.26. The number of hydrogen-bond acceptors (Lipinski definition) is 7. The number of hydrogen-bond donors (Lipinski definition) is 2. The summed E-state index contributed by atoms with van der Waals surface area (Å²) in [5, 5.41) is 12.2. The summed E-state index contributed by atoms with van der Waals surface area (Å²) >= 11 is 0. The quantitative estimate of drug-likeness (QED) is 0.352. The Hall–Kier alpha value is -3.38. The first kappa shape index (κ1) is 28.2. The van der Waals surface area contributed by atoms with Crippen molar-refractivity contribution in [3.05, 3.63) is 48.6 Å². The number of ether oxygens (including phenoxy) is 1. The number of nitrogens with one attached hydrogen (secondary N) is 1. The van der Waals surface area contributed by atoms with Crippen LogP contribution in [0.3, 0.4) is 0 Å². The second-order valence-electron chi connectivity index (χ2n) is 12.0. The van der Waals surface area contributed by atoms with Gasteiger partial charge in [0.2, 0.25) is 5.91 Å². The molecule has 214 valence electrons. The number of urea groups is 1. The first-order valence-corrected chi connectivity index (χ1v) is 13.7. The summed E-state index contributed by atoms with van der Waals surface area (Å²) < 4.78 is 18.2. The fourth-order valence-corrected chi connectivity index (χ4v) is 6.91. The van der Waals surface area contributed by atoms with Crippen LogP contribution in [0.25, 0.3) is 0 Å². The van der Waals surface area contributed by atoms with Crippen LogP contribution in [0.1, 0.15) is 45.6 Å². The van der Waals surface area contributed by atoms with E-state index in [0.717, 1.165) is 17.7 Å². The van der Waals surface area contributed by atoms with E-state index in [1.54, 1.807) is 30.3 Å². The van der Waals surface area contributed by atoms with E-state index in [9.17, 15) is 24.3 Å². The minimum absolute atomic E-state index is 0.0953. The summed E-state index contributed by atoms with van der Waals surface area (Å²) in [5.74, 6) is -1.63. The molecule has 5 fully saturated rings. The highest BCUT2D eigenvalue weighted by atomic mass is 16.7. The van der Waals surface area contributed by atoms with Crippen LogP contribution in [0.5, 0.6) is 0 Å². The van der Waals surface area contributed by atoms with E-state index in [1.165, 1.54) is 0 Å². The zero-order chi connectivity index (χ0) is 28.8. The van der Waals surface area contributed by atoms with Gasteiger partial charge in [0.1, 0.15) is 19.2 Å². The number of aliphatic carboxylic acids is 1. The van der Waals surface area contributed by atoms with Crippen molar-refractivity contribution in [2.75, 3.05) is 13.1 Å². The molecule has 40 heavy (non-hydrogen) atoms. The van der Waals surface area contributed by atoms with Gasteiger partial charge in [0.15, 0.2) is 0 Å².